The van der Waals surface area contributed by atoms with Crippen LogP contribution in [0.25, 0.3) is 0 Å². The molecule has 0 bridgehead atoms. The Morgan fingerprint density at radius 3 is 2.60 bits per heavy atom. The smallest absolute Gasteiger partial charge is 0.269 e. The van der Waals surface area contributed by atoms with Crippen molar-refractivity contribution in [1.29, 1.82) is 0 Å². The number of hydrogen-bond donors (Lipinski definition) is 0. The second-order valence-corrected chi connectivity index (χ2v) is 4.92. The van der Waals surface area contributed by atoms with Crippen LogP contribution in [-0.4, -0.2) is 17.3 Å². The number of non-ortho nitro benzene ring substituents is 1. The Bertz CT molecular complexity index is 371. The van der Waals surface area contributed by atoms with Gasteiger partial charge in [-0.3, -0.25) is 10.1 Å². The predicted molar refractivity (Wildman–Crippen MR) is 58.9 cm³/mol. The quantitative estimate of drug-likeness (QED) is 0.573. The average molecular weight is 225 g/mol. The molecular formula is C10H11NO3S. The van der Waals surface area contributed by atoms with Crippen LogP contribution in [0.5, 0.6) is 0 Å². The summed E-state index contributed by atoms with van der Waals surface area (Å²) in [6, 6.07) is 6.55. The maximum Gasteiger partial charge on any atom is 0.269 e. The van der Waals surface area contributed by atoms with Gasteiger partial charge in [-0.1, -0.05) is 0 Å². The van der Waals surface area contributed by atoms with Crippen molar-refractivity contribution in [3.05, 3.63) is 39.9 Å². The fraction of sp³-hybridized carbons (Fsp3) is 0.400. The molecule has 0 N–H and O–H groups in total. The zero-order valence-electron chi connectivity index (χ0n) is 8.30. The third-order valence-corrected chi connectivity index (χ3v) is 3.72. The second kappa shape index (κ2) is 3.83. The van der Waals surface area contributed by atoms with E-state index in [1.54, 1.807) is 23.9 Å². The highest BCUT2D eigenvalue weighted by molar-refractivity contribution is 8.00. The van der Waals surface area contributed by atoms with E-state index in [0.717, 1.165) is 17.9 Å². The van der Waals surface area contributed by atoms with Gasteiger partial charge in [0.1, 0.15) is 4.93 Å². The molecule has 80 valence electrons. The largest absolute Gasteiger partial charge is 0.359 e. The number of nitro benzene ring substituents is 1. The maximum absolute atomic E-state index is 10.5. The molecule has 0 aromatic heterocycles. The first-order valence-corrected chi connectivity index (χ1v) is 5.63. The van der Waals surface area contributed by atoms with Crippen LogP contribution in [0, 0.1) is 10.1 Å². The van der Waals surface area contributed by atoms with Crippen molar-refractivity contribution < 1.29 is 9.66 Å². The standard InChI is InChI=1S/C10H11NO3S/c1-10(14-6-7-15-10)8-2-4-9(5-3-8)11(12)13/h2-5H,6-7H2,1H3. The van der Waals surface area contributed by atoms with Crippen LogP contribution in [0.4, 0.5) is 5.69 Å². The molecule has 0 radical (unpaired) electrons. The Morgan fingerprint density at radius 2 is 2.13 bits per heavy atom. The SMILES string of the molecule is CC1(c2ccc([N+](=O)[O-])cc2)OCCS1. The summed E-state index contributed by atoms with van der Waals surface area (Å²) in [4.78, 5) is 9.75. The van der Waals surface area contributed by atoms with E-state index < -0.39 is 4.92 Å². The van der Waals surface area contributed by atoms with Crippen LogP contribution in [0.15, 0.2) is 24.3 Å². The molecule has 4 nitrogen and oxygen atoms in total. The lowest BCUT2D eigenvalue weighted by Crippen LogP contribution is -2.15. The maximum atomic E-state index is 10.5. The first-order valence-electron chi connectivity index (χ1n) is 4.65. The molecule has 0 amide bonds. The Hall–Kier alpha value is -1.07. The number of nitro groups is 1. The molecule has 0 aliphatic carbocycles. The summed E-state index contributed by atoms with van der Waals surface area (Å²) in [7, 11) is 0. The van der Waals surface area contributed by atoms with Gasteiger partial charge in [-0.05, 0) is 24.6 Å². The van der Waals surface area contributed by atoms with Gasteiger partial charge in [-0.25, -0.2) is 0 Å². The molecule has 1 aliphatic rings. The predicted octanol–water partition coefficient (Wildman–Crippen LogP) is 2.53. The summed E-state index contributed by atoms with van der Waals surface area (Å²) < 4.78 is 5.62. The van der Waals surface area contributed by atoms with Crippen molar-refractivity contribution in [2.45, 2.75) is 11.9 Å². The van der Waals surface area contributed by atoms with Crippen molar-refractivity contribution in [1.82, 2.24) is 0 Å². The fourth-order valence-corrected chi connectivity index (χ4v) is 2.59. The monoisotopic (exact) mass is 225 g/mol. The van der Waals surface area contributed by atoms with E-state index >= 15 is 0 Å². The van der Waals surface area contributed by atoms with E-state index in [1.807, 2.05) is 6.92 Å². The molecule has 1 fully saturated rings. The van der Waals surface area contributed by atoms with Gasteiger partial charge in [-0.15, -0.1) is 11.8 Å². The molecule has 1 unspecified atom stereocenters. The van der Waals surface area contributed by atoms with Crippen LogP contribution < -0.4 is 0 Å². The van der Waals surface area contributed by atoms with Crippen molar-refractivity contribution in [3.8, 4) is 0 Å². The highest BCUT2D eigenvalue weighted by atomic mass is 32.2. The summed E-state index contributed by atoms with van der Waals surface area (Å²) in [5.41, 5.74) is 1.10. The third-order valence-electron chi connectivity index (χ3n) is 2.44. The van der Waals surface area contributed by atoms with Gasteiger partial charge >= 0.3 is 0 Å². The fourth-order valence-electron chi connectivity index (χ4n) is 1.57. The van der Waals surface area contributed by atoms with Crippen molar-refractivity contribution in [2.24, 2.45) is 0 Å². The van der Waals surface area contributed by atoms with Gasteiger partial charge in [0, 0.05) is 17.9 Å². The minimum Gasteiger partial charge on any atom is -0.359 e. The summed E-state index contributed by atoms with van der Waals surface area (Å²) in [5, 5.41) is 10.5. The molecule has 2 rings (SSSR count). The van der Waals surface area contributed by atoms with Gasteiger partial charge in [0.2, 0.25) is 0 Å². The van der Waals surface area contributed by atoms with E-state index in [2.05, 4.69) is 0 Å². The van der Waals surface area contributed by atoms with Crippen LogP contribution in [0.3, 0.4) is 0 Å². The summed E-state index contributed by atoms with van der Waals surface area (Å²) in [5.74, 6) is 0.966. The molecule has 1 aromatic rings. The topological polar surface area (TPSA) is 52.4 Å². The zero-order valence-corrected chi connectivity index (χ0v) is 9.12. The Morgan fingerprint density at radius 1 is 1.47 bits per heavy atom. The van der Waals surface area contributed by atoms with Crippen molar-refractivity contribution in [2.75, 3.05) is 12.4 Å². The minimum atomic E-state index is -0.394. The van der Waals surface area contributed by atoms with Crippen LogP contribution >= 0.6 is 11.8 Å². The molecule has 0 spiro atoms. The highest BCUT2D eigenvalue weighted by Crippen LogP contribution is 2.41. The number of rotatable bonds is 2. The first-order chi connectivity index (χ1) is 7.12. The van der Waals surface area contributed by atoms with Crippen LogP contribution in [0.1, 0.15) is 12.5 Å². The molecule has 1 saturated heterocycles. The van der Waals surface area contributed by atoms with Gasteiger partial charge in [-0.2, -0.15) is 0 Å². The lowest BCUT2D eigenvalue weighted by Gasteiger charge is -2.22. The minimum absolute atomic E-state index is 0.116. The van der Waals surface area contributed by atoms with Gasteiger partial charge in [0.05, 0.1) is 11.5 Å². The summed E-state index contributed by atoms with van der Waals surface area (Å²) >= 11 is 1.72. The molecule has 15 heavy (non-hydrogen) atoms. The second-order valence-electron chi connectivity index (χ2n) is 3.45. The molecule has 0 saturated carbocycles. The third kappa shape index (κ3) is 1.98. The summed E-state index contributed by atoms with van der Waals surface area (Å²) in [6.45, 7) is 2.73. The van der Waals surface area contributed by atoms with Crippen molar-refractivity contribution >= 4 is 17.4 Å². The molecule has 1 aromatic carbocycles. The lowest BCUT2D eigenvalue weighted by molar-refractivity contribution is -0.384. The number of ether oxygens (including phenoxy) is 1. The molecule has 5 heteroatoms. The zero-order chi connectivity index (χ0) is 10.9. The van der Waals surface area contributed by atoms with Gasteiger partial charge in [0.15, 0.2) is 0 Å². The molecular weight excluding hydrogens is 214 g/mol. The lowest BCUT2D eigenvalue weighted by atomic mass is 10.1. The van der Waals surface area contributed by atoms with E-state index in [9.17, 15) is 10.1 Å². The van der Waals surface area contributed by atoms with Crippen LogP contribution in [-0.2, 0) is 9.67 Å². The number of thioether (sulfide) groups is 1. The van der Waals surface area contributed by atoms with E-state index in [1.165, 1.54) is 12.1 Å². The van der Waals surface area contributed by atoms with Gasteiger partial charge in [0.25, 0.3) is 5.69 Å². The summed E-state index contributed by atoms with van der Waals surface area (Å²) in [6.07, 6.45) is 0. The molecule has 1 aliphatic heterocycles. The van der Waals surface area contributed by atoms with E-state index in [-0.39, 0.29) is 10.6 Å². The highest BCUT2D eigenvalue weighted by Gasteiger charge is 2.32. The van der Waals surface area contributed by atoms with E-state index in [4.69, 9.17) is 4.74 Å². The van der Waals surface area contributed by atoms with E-state index in [0.29, 0.717) is 0 Å². The number of benzene rings is 1. The first kappa shape index (κ1) is 10.4. The average Bonchev–Trinajstić information content (AvgIpc) is 2.67. The Kier molecular flexibility index (Phi) is 2.67. The molecule has 1 atom stereocenters. The van der Waals surface area contributed by atoms with Crippen LogP contribution in [0.2, 0.25) is 0 Å². The Labute approximate surface area is 91.8 Å². The van der Waals surface area contributed by atoms with Crippen molar-refractivity contribution in [3.63, 3.8) is 0 Å². The number of hydrogen-bond acceptors (Lipinski definition) is 4. The van der Waals surface area contributed by atoms with Gasteiger partial charge < -0.3 is 4.74 Å². The number of nitrogens with zero attached hydrogens (tertiary/aromatic N) is 1. The Balaban J connectivity index is 2.26. The molecule has 1 heterocycles. The normalized spacial score (nSPS) is 25.4.